The van der Waals surface area contributed by atoms with Crippen LogP contribution in [0.1, 0.15) is 27.2 Å². The molecule has 0 aromatic heterocycles. The molecule has 0 amide bonds. The van der Waals surface area contributed by atoms with Gasteiger partial charge in [0, 0.05) is 19.1 Å². The van der Waals surface area contributed by atoms with Crippen molar-refractivity contribution in [3.8, 4) is 0 Å². The molecule has 2 heteroatoms. The third kappa shape index (κ3) is 6.79. The van der Waals surface area contributed by atoms with Crippen LogP contribution in [0.3, 0.4) is 0 Å². The Kier molecular flexibility index (Phi) is 8.05. The fourth-order valence-corrected chi connectivity index (χ4v) is 1.34. The van der Waals surface area contributed by atoms with Crippen molar-refractivity contribution in [2.24, 2.45) is 0 Å². The van der Waals surface area contributed by atoms with Crippen molar-refractivity contribution in [3.05, 3.63) is 12.7 Å². The molecule has 1 atom stereocenters. The molecule has 1 N–H and O–H groups in total. The molecule has 0 heterocycles. The van der Waals surface area contributed by atoms with Crippen molar-refractivity contribution in [2.45, 2.75) is 33.2 Å². The lowest BCUT2D eigenvalue weighted by atomic mass is 10.2. The molecule has 0 spiro atoms. The second-order valence-electron chi connectivity index (χ2n) is 3.41. The van der Waals surface area contributed by atoms with Crippen molar-refractivity contribution in [1.82, 2.24) is 10.2 Å². The van der Waals surface area contributed by atoms with Crippen LogP contribution in [-0.4, -0.2) is 37.1 Å². The first-order valence-corrected chi connectivity index (χ1v) is 5.31. The Morgan fingerprint density at radius 3 is 2.46 bits per heavy atom. The maximum atomic E-state index is 3.73. The monoisotopic (exact) mass is 184 g/mol. The summed E-state index contributed by atoms with van der Waals surface area (Å²) in [4.78, 5) is 2.42. The Morgan fingerprint density at radius 1 is 1.38 bits per heavy atom. The first kappa shape index (κ1) is 12.7. The van der Waals surface area contributed by atoms with Crippen LogP contribution in [0.2, 0.25) is 0 Å². The van der Waals surface area contributed by atoms with Gasteiger partial charge >= 0.3 is 0 Å². The summed E-state index contributed by atoms with van der Waals surface area (Å²) in [6.45, 7) is 14.9. The smallest absolute Gasteiger partial charge is 0.0107 e. The van der Waals surface area contributed by atoms with Crippen LogP contribution >= 0.6 is 0 Å². The van der Waals surface area contributed by atoms with Crippen LogP contribution in [0.25, 0.3) is 0 Å². The van der Waals surface area contributed by atoms with Crippen molar-refractivity contribution < 1.29 is 0 Å². The second kappa shape index (κ2) is 8.27. The molecule has 0 fully saturated rings. The van der Waals surface area contributed by atoms with Gasteiger partial charge in [-0.25, -0.2) is 0 Å². The number of nitrogens with one attached hydrogen (secondary N) is 1. The van der Waals surface area contributed by atoms with Gasteiger partial charge in [0.05, 0.1) is 0 Å². The summed E-state index contributed by atoms with van der Waals surface area (Å²) in [5, 5.41) is 3.47. The van der Waals surface area contributed by atoms with Crippen LogP contribution in [0, 0.1) is 0 Å². The molecular formula is C11H24N2. The molecule has 0 aromatic carbocycles. The molecule has 0 radical (unpaired) electrons. The lowest BCUT2D eigenvalue weighted by Crippen LogP contribution is -2.35. The molecule has 0 aliphatic rings. The van der Waals surface area contributed by atoms with Gasteiger partial charge in [-0.3, -0.25) is 0 Å². The Balaban J connectivity index is 3.36. The van der Waals surface area contributed by atoms with Crippen LogP contribution in [-0.2, 0) is 0 Å². The van der Waals surface area contributed by atoms with E-state index in [2.05, 4.69) is 37.6 Å². The zero-order valence-corrected chi connectivity index (χ0v) is 9.34. The number of rotatable bonds is 8. The van der Waals surface area contributed by atoms with E-state index in [4.69, 9.17) is 0 Å². The summed E-state index contributed by atoms with van der Waals surface area (Å²) in [5.41, 5.74) is 0. The third-order valence-electron chi connectivity index (χ3n) is 2.34. The zero-order chi connectivity index (χ0) is 10.1. The molecule has 0 aromatic rings. The first-order valence-electron chi connectivity index (χ1n) is 5.31. The summed E-state index contributed by atoms with van der Waals surface area (Å²) < 4.78 is 0. The number of likely N-dealkylation sites (N-methyl/N-ethyl adjacent to an activating group) is 1. The normalized spacial score (nSPS) is 13.2. The van der Waals surface area contributed by atoms with Gasteiger partial charge in [-0.1, -0.05) is 19.9 Å². The summed E-state index contributed by atoms with van der Waals surface area (Å²) in [6, 6.07) is 0.563. The van der Waals surface area contributed by atoms with Gasteiger partial charge in [0.2, 0.25) is 0 Å². The van der Waals surface area contributed by atoms with E-state index in [1.165, 1.54) is 0 Å². The van der Waals surface area contributed by atoms with Crippen molar-refractivity contribution in [2.75, 3.05) is 26.2 Å². The Hall–Kier alpha value is -0.340. The highest BCUT2D eigenvalue weighted by molar-refractivity contribution is 4.74. The third-order valence-corrected chi connectivity index (χ3v) is 2.34. The molecular weight excluding hydrogens is 160 g/mol. The van der Waals surface area contributed by atoms with E-state index in [-0.39, 0.29) is 0 Å². The summed E-state index contributed by atoms with van der Waals surface area (Å²) in [7, 11) is 0. The highest BCUT2D eigenvalue weighted by atomic mass is 15.1. The van der Waals surface area contributed by atoms with Gasteiger partial charge in [0.25, 0.3) is 0 Å². The maximum Gasteiger partial charge on any atom is 0.0107 e. The predicted octanol–water partition coefficient (Wildman–Crippen LogP) is 1.88. The number of hydrogen-bond donors (Lipinski definition) is 1. The first-order chi connectivity index (χ1) is 6.24. The van der Waals surface area contributed by atoms with Gasteiger partial charge in [-0.15, -0.1) is 6.58 Å². The molecule has 2 nitrogen and oxygen atoms in total. The van der Waals surface area contributed by atoms with Gasteiger partial charge in [0.15, 0.2) is 0 Å². The fraction of sp³-hybridized carbons (Fsp3) is 0.818. The molecule has 13 heavy (non-hydrogen) atoms. The van der Waals surface area contributed by atoms with Gasteiger partial charge in [0.1, 0.15) is 0 Å². The minimum absolute atomic E-state index is 0.563. The highest BCUT2D eigenvalue weighted by Gasteiger charge is 2.00. The van der Waals surface area contributed by atoms with Gasteiger partial charge in [-0.2, -0.15) is 0 Å². The van der Waals surface area contributed by atoms with Gasteiger partial charge in [-0.05, 0) is 26.4 Å². The summed E-state index contributed by atoms with van der Waals surface area (Å²) in [5.74, 6) is 0. The summed E-state index contributed by atoms with van der Waals surface area (Å²) >= 11 is 0. The van der Waals surface area contributed by atoms with Crippen LogP contribution in [0.5, 0.6) is 0 Å². The lowest BCUT2D eigenvalue weighted by molar-refractivity contribution is 0.297. The lowest BCUT2D eigenvalue weighted by Gasteiger charge is -2.19. The predicted molar refractivity (Wildman–Crippen MR) is 60.1 cm³/mol. The van der Waals surface area contributed by atoms with Crippen molar-refractivity contribution in [3.63, 3.8) is 0 Å². The fourth-order valence-electron chi connectivity index (χ4n) is 1.34. The second-order valence-corrected chi connectivity index (χ2v) is 3.41. The highest BCUT2D eigenvalue weighted by Crippen LogP contribution is 1.90. The Labute approximate surface area is 83.0 Å². The van der Waals surface area contributed by atoms with E-state index in [9.17, 15) is 0 Å². The van der Waals surface area contributed by atoms with Crippen LogP contribution < -0.4 is 5.32 Å². The molecule has 0 saturated heterocycles. The largest absolute Gasteiger partial charge is 0.313 e. The van der Waals surface area contributed by atoms with Crippen LogP contribution in [0.4, 0.5) is 0 Å². The van der Waals surface area contributed by atoms with E-state index in [1.807, 2.05) is 6.08 Å². The number of nitrogens with zero attached hydrogens (tertiary/aromatic N) is 1. The molecule has 0 rings (SSSR count). The van der Waals surface area contributed by atoms with Crippen LogP contribution in [0.15, 0.2) is 12.7 Å². The Bertz CT molecular complexity index is 119. The molecule has 0 bridgehead atoms. The van der Waals surface area contributed by atoms with Crippen molar-refractivity contribution in [1.29, 1.82) is 0 Å². The average Bonchev–Trinajstić information content (AvgIpc) is 2.13. The summed E-state index contributed by atoms with van der Waals surface area (Å²) in [6.07, 6.45) is 3.02. The molecule has 0 saturated carbocycles. The van der Waals surface area contributed by atoms with E-state index >= 15 is 0 Å². The molecule has 78 valence electrons. The quantitative estimate of drug-likeness (QED) is 0.579. The topological polar surface area (TPSA) is 15.3 Å². The zero-order valence-electron chi connectivity index (χ0n) is 9.34. The molecule has 0 aliphatic heterocycles. The SMILES string of the molecule is C=CCC(C)NCCN(CC)CC. The van der Waals surface area contributed by atoms with Gasteiger partial charge < -0.3 is 10.2 Å². The van der Waals surface area contributed by atoms with E-state index in [0.29, 0.717) is 6.04 Å². The van der Waals surface area contributed by atoms with E-state index in [0.717, 1.165) is 32.6 Å². The minimum Gasteiger partial charge on any atom is -0.313 e. The average molecular weight is 184 g/mol. The number of hydrogen-bond acceptors (Lipinski definition) is 2. The van der Waals surface area contributed by atoms with Crippen molar-refractivity contribution >= 4 is 0 Å². The molecule has 1 unspecified atom stereocenters. The minimum atomic E-state index is 0.563. The Morgan fingerprint density at radius 2 is 2.00 bits per heavy atom. The standard InChI is InChI=1S/C11H24N2/c1-5-8-11(4)12-9-10-13(6-2)7-3/h5,11-12H,1,6-10H2,2-4H3. The molecule has 0 aliphatic carbocycles. The van der Waals surface area contributed by atoms with E-state index < -0.39 is 0 Å². The maximum absolute atomic E-state index is 3.73. The van der Waals surface area contributed by atoms with E-state index in [1.54, 1.807) is 0 Å².